The van der Waals surface area contributed by atoms with Crippen molar-refractivity contribution in [3.63, 3.8) is 0 Å². The number of hydrogen-bond donors (Lipinski definition) is 2. The van der Waals surface area contributed by atoms with E-state index in [0.717, 1.165) is 18.5 Å². The van der Waals surface area contributed by atoms with Gasteiger partial charge in [0.1, 0.15) is 0 Å². The third-order valence-electron chi connectivity index (χ3n) is 3.21. The van der Waals surface area contributed by atoms with Gasteiger partial charge in [0.25, 0.3) is 0 Å². The Morgan fingerprint density at radius 2 is 2.18 bits per heavy atom. The van der Waals surface area contributed by atoms with E-state index >= 15 is 0 Å². The predicted molar refractivity (Wildman–Crippen MR) is 68.5 cm³/mol. The van der Waals surface area contributed by atoms with Crippen molar-refractivity contribution in [3.05, 3.63) is 35.9 Å². The van der Waals surface area contributed by atoms with E-state index in [0.29, 0.717) is 19.0 Å². The minimum atomic E-state index is 0.155. The fourth-order valence-corrected chi connectivity index (χ4v) is 2.19. The van der Waals surface area contributed by atoms with E-state index in [1.807, 2.05) is 30.3 Å². The van der Waals surface area contributed by atoms with Crippen molar-refractivity contribution in [1.29, 1.82) is 0 Å². The van der Waals surface area contributed by atoms with Gasteiger partial charge in [-0.05, 0) is 31.4 Å². The first kappa shape index (κ1) is 12.1. The Morgan fingerprint density at radius 3 is 2.88 bits per heavy atom. The molecule has 3 heteroatoms. The summed E-state index contributed by atoms with van der Waals surface area (Å²) in [6, 6.07) is 10.6. The van der Waals surface area contributed by atoms with Crippen molar-refractivity contribution in [1.82, 2.24) is 10.6 Å². The Hall–Kier alpha value is -1.35. The van der Waals surface area contributed by atoms with Gasteiger partial charge in [0, 0.05) is 19.0 Å². The molecule has 17 heavy (non-hydrogen) atoms. The van der Waals surface area contributed by atoms with Crippen LogP contribution in [0.3, 0.4) is 0 Å². The summed E-state index contributed by atoms with van der Waals surface area (Å²) < 4.78 is 0. The molecule has 0 aliphatic carbocycles. The molecule has 1 unspecified atom stereocenters. The SMILES string of the molecule is O=C(CCC1CCCN1)NCc1ccccc1. The zero-order valence-corrected chi connectivity index (χ0v) is 10.1. The zero-order chi connectivity index (χ0) is 11.9. The number of nitrogens with one attached hydrogen (secondary N) is 2. The average Bonchev–Trinajstić information content (AvgIpc) is 2.88. The normalized spacial score (nSPS) is 19.2. The lowest BCUT2D eigenvalue weighted by Gasteiger charge is -2.10. The Morgan fingerprint density at radius 1 is 1.35 bits per heavy atom. The van der Waals surface area contributed by atoms with Crippen molar-refractivity contribution < 1.29 is 4.79 Å². The van der Waals surface area contributed by atoms with Crippen LogP contribution in [0.4, 0.5) is 0 Å². The van der Waals surface area contributed by atoms with Crippen molar-refractivity contribution in [2.45, 2.75) is 38.3 Å². The fraction of sp³-hybridized carbons (Fsp3) is 0.500. The van der Waals surface area contributed by atoms with Gasteiger partial charge in [0.15, 0.2) is 0 Å². The van der Waals surface area contributed by atoms with Gasteiger partial charge in [0.2, 0.25) is 5.91 Å². The van der Waals surface area contributed by atoms with E-state index in [1.165, 1.54) is 12.8 Å². The van der Waals surface area contributed by atoms with Crippen molar-refractivity contribution in [2.75, 3.05) is 6.54 Å². The molecule has 2 rings (SSSR count). The molecule has 3 nitrogen and oxygen atoms in total. The summed E-state index contributed by atoms with van der Waals surface area (Å²) in [5.41, 5.74) is 1.15. The summed E-state index contributed by atoms with van der Waals surface area (Å²) in [7, 11) is 0. The second-order valence-electron chi connectivity index (χ2n) is 4.59. The molecule has 0 aromatic heterocycles. The van der Waals surface area contributed by atoms with E-state index in [9.17, 15) is 4.79 Å². The second kappa shape index (κ2) is 6.40. The molecule has 1 atom stereocenters. The van der Waals surface area contributed by atoms with Crippen LogP contribution in [0.5, 0.6) is 0 Å². The van der Waals surface area contributed by atoms with Crippen LogP contribution in [0.25, 0.3) is 0 Å². The van der Waals surface area contributed by atoms with Crippen LogP contribution in [0.2, 0.25) is 0 Å². The smallest absolute Gasteiger partial charge is 0.220 e. The topological polar surface area (TPSA) is 41.1 Å². The average molecular weight is 232 g/mol. The lowest BCUT2D eigenvalue weighted by molar-refractivity contribution is -0.121. The maximum absolute atomic E-state index is 11.6. The molecule has 1 aliphatic heterocycles. The van der Waals surface area contributed by atoms with Crippen LogP contribution in [0, 0.1) is 0 Å². The fourth-order valence-electron chi connectivity index (χ4n) is 2.19. The van der Waals surface area contributed by atoms with Crippen LogP contribution in [0.1, 0.15) is 31.2 Å². The maximum atomic E-state index is 11.6. The van der Waals surface area contributed by atoms with Gasteiger partial charge in [-0.15, -0.1) is 0 Å². The van der Waals surface area contributed by atoms with E-state index < -0.39 is 0 Å². The van der Waals surface area contributed by atoms with Gasteiger partial charge in [-0.25, -0.2) is 0 Å². The highest BCUT2D eigenvalue weighted by Gasteiger charge is 2.14. The Labute approximate surface area is 103 Å². The predicted octanol–water partition coefficient (Wildman–Crippen LogP) is 1.83. The van der Waals surface area contributed by atoms with Crippen LogP contribution < -0.4 is 10.6 Å². The largest absolute Gasteiger partial charge is 0.352 e. The van der Waals surface area contributed by atoms with Gasteiger partial charge >= 0.3 is 0 Å². The number of rotatable bonds is 5. The van der Waals surface area contributed by atoms with E-state index in [4.69, 9.17) is 0 Å². The highest BCUT2D eigenvalue weighted by Crippen LogP contribution is 2.10. The molecule has 1 saturated heterocycles. The Kier molecular flexibility index (Phi) is 4.56. The molecule has 0 spiro atoms. The maximum Gasteiger partial charge on any atom is 0.220 e. The minimum Gasteiger partial charge on any atom is -0.352 e. The zero-order valence-electron chi connectivity index (χ0n) is 10.1. The summed E-state index contributed by atoms with van der Waals surface area (Å²) in [5.74, 6) is 0.155. The summed E-state index contributed by atoms with van der Waals surface area (Å²) >= 11 is 0. The quantitative estimate of drug-likeness (QED) is 0.813. The molecule has 1 aromatic rings. The summed E-state index contributed by atoms with van der Waals surface area (Å²) in [5, 5.41) is 6.36. The van der Waals surface area contributed by atoms with E-state index in [-0.39, 0.29) is 5.91 Å². The lowest BCUT2D eigenvalue weighted by Crippen LogP contribution is -2.27. The van der Waals surface area contributed by atoms with Gasteiger partial charge in [0.05, 0.1) is 0 Å². The third-order valence-corrected chi connectivity index (χ3v) is 3.21. The molecule has 1 fully saturated rings. The molecular formula is C14H20N2O. The molecule has 1 heterocycles. The van der Waals surface area contributed by atoms with Crippen LogP contribution in [-0.4, -0.2) is 18.5 Å². The van der Waals surface area contributed by atoms with Gasteiger partial charge in [-0.1, -0.05) is 30.3 Å². The second-order valence-corrected chi connectivity index (χ2v) is 4.59. The first-order valence-corrected chi connectivity index (χ1v) is 6.38. The molecule has 1 amide bonds. The molecule has 0 radical (unpaired) electrons. The molecule has 0 saturated carbocycles. The van der Waals surface area contributed by atoms with Crippen molar-refractivity contribution >= 4 is 5.91 Å². The van der Waals surface area contributed by atoms with Gasteiger partial charge in [-0.2, -0.15) is 0 Å². The Balaban J connectivity index is 1.64. The highest BCUT2D eigenvalue weighted by atomic mass is 16.1. The summed E-state index contributed by atoms with van der Waals surface area (Å²) in [6.07, 6.45) is 4.05. The molecule has 1 aromatic carbocycles. The minimum absolute atomic E-state index is 0.155. The number of amides is 1. The molecule has 1 aliphatic rings. The molecular weight excluding hydrogens is 212 g/mol. The molecule has 92 valence electrons. The monoisotopic (exact) mass is 232 g/mol. The lowest BCUT2D eigenvalue weighted by atomic mass is 10.1. The van der Waals surface area contributed by atoms with Gasteiger partial charge in [-0.3, -0.25) is 4.79 Å². The van der Waals surface area contributed by atoms with Crippen LogP contribution in [0.15, 0.2) is 30.3 Å². The molecule has 2 N–H and O–H groups in total. The number of benzene rings is 1. The van der Waals surface area contributed by atoms with Gasteiger partial charge < -0.3 is 10.6 Å². The number of carbonyl (C=O) groups excluding carboxylic acids is 1. The standard InChI is InChI=1S/C14H20N2O/c17-14(9-8-13-7-4-10-15-13)16-11-12-5-2-1-3-6-12/h1-3,5-6,13,15H,4,7-11H2,(H,16,17). The molecule has 0 bridgehead atoms. The van der Waals surface area contributed by atoms with E-state index in [1.54, 1.807) is 0 Å². The highest BCUT2D eigenvalue weighted by molar-refractivity contribution is 5.75. The third kappa shape index (κ3) is 4.19. The number of hydrogen-bond acceptors (Lipinski definition) is 2. The summed E-state index contributed by atoms with van der Waals surface area (Å²) in [6.45, 7) is 1.74. The van der Waals surface area contributed by atoms with Crippen molar-refractivity contribution in [2.24, 2.45) is 0 Å². The Bertz CT molecular complexity index is 344. The summed E-state index contributed by atoms with van der Waals surface area (Å²) in [4.78, 5) is 11.6. The first-order chi connectivity index (χ1) is 8.34. The number of carbonyl (C=O) groups is 1. The first-order valence-electron chi connectivity index (χ1n) is 6.38. The van der Waals surface area contributed by atoms with Crippen LogP contribution in [-0.2, 0) is 11.3 Å². The van der Waals surface area contributed by atoms with E-state index in [2.05, 4.69) is 10.6 Å². The van der Waals surface area contributed by atoms with Crippen molar-refractivity contribution in [3.8, 4) is 0 Å². The van der Waals surface area contributed by atoms with Crippen LogP contribution >= 0.6 is 0 Å².